The van der Waals surface area contributed by atoms with Gasteiger partial charge in [0.25, 0.3) is 0 Å². The van der Waals surface area contributed by atoms with Crippen molar-refractivity contribution >= 4 is 13.2 Å². The van der Waals surface area contributed by atoms with E-state index in [0.29, 0.717) is 6.54 Å². The van der Waals surface area contributed by atoms with E-state index in [4.69, 9.17) is 15.0 Å². The van der Waals surface area contributed by atoms with E-state index in [-0.39, 0.29) is 17.8 Å². The Balaban J connectivity index is 2.33. The zero-order chi connectivity index (χ0) is 16.5. The average Bonchev–Trinajstić information content (AvgIpc) is 2.66. The summed E-state index contributed by atoms with van der Waals surface area (Å²) in [6.45, 7) is 10.5. The van der Waals surface area contributed by atoms with E-state index in [1.807, 2.05) is 58.9 Å². The van der Waals surface area contributed by atoms with Crippen LogP contribution in [-0.4, -0.2) is 30.0 Å². The molecule has 1 saturated heterocycles. The van der Waals surface area contributed by atoms with Gasteiger partial charge in [0, 0.05) is 6.54 Å². The summed E-state index contributed by atoms with van der Waals surface area (Å²) in [6, 6.07) is 5.88. The highest BCUT2D eigenvalue weighted by Crippen LogP contribution is 2.38. The van der Waals surface area contributed by atoms with Crippen molar-refractivity contribution in [1.82, 2.24) is 0 Å². The molecule has 2 rings (SSSR count). The summed E-state index contributed by atoms with van der Waals surface area (Å²) < 4.78 is 12.1. The number of hydrogen-bond acceptors (Lipinski definition) is 4. The molecule has 22 heavy (non-hydrogen) atoms. The van der Waals surface area contributed by atoms with Crippen LogP contribution in [0.25, 0.3) is 6.08 Å². The first-order valence-electron chi connectivity index (χ1n) is 7.67. The Labute approximate surface area is 133 Å². The first-order valence-corrected chi connectivity index (χ1v) is 7.67. The molecule has 0 bridgehead atoms. The molecule has 1 aliphatic rings. The lowest BCUT2D eigenvalue weighted by atomic mass is 9.76. The molecule has 1 aromatic carbocycles. The molecule has 0 unspecified atom stereocenters. The van der Waals surface area contributed by atoms with Crippen LogP contribution in [0.4, 0.5) is 0 Å². The fourth-order valence-corrected chi connectivity index (χ4v) is 2.36. The standard InChI is InChI=1S/C17H26BNO3/c1-12-6-7-13(11-20)8-14(12)9-15(10-19)18-21-16(2,3)17(4,5)22-18/h6-9,20H,10-11,19H2,1-5H3. The van der Waals surface area contributed by atoms with Gasteiger partial charge < -0.3 is 20.1 Å². The normalized spacial score (nSPS) is 20.5. The van der Waals surface area contributed by atoms with Crippen molar-refractivity contribution in [3.8, 4) is 0 Å². The van der Waals surface area contributed by atoms with Crippen molar-refractivity contribution in [2.45, 2.75) is 52.4 Å². The molecule has 1 aliphatic heterocycles. The van der Waals surface area contributed by atoms with Crippen LogP contribution in [-0.2, 0) is 15.9 Å². The van der Waals surface area contributed by atoms with Crippen molar-refractivity contribution in [2.75, 3.05) is 6.54 Å². The summed E-state index contributed by atoms with van der Waals surface area (Å²) in [5.74, 6) is 0. The van der Waals surface area contributed by atoms with E-state index in [9.17, 15) is 5.11 Å². The van der Waals surface area contributed by atoms with Gasteiger partial charge in [-0.05, 0) is 62.8 Å². The fourth-order valence-electron chi connectivity index (χ4n) is 2.36. The van der Waals surface area contributed by atoms with Crippen molar-refractivity contribution in [1.29, 1.82) is 0 Å². The van der Waals surface area contributed by atoms with Gasteiger partial charge in [0.1, 0.15) is 0 Å². The lowest BCUT2D eigenvalue weighted by Gasteiger charge is -2.32. The Hall–Kier alpha value is -1.14. The lowest BCUT2D eigenvalue weighted by Crippen LogP contribution is -2.41. The van der Waals surface area contributed by atoms with Crippen LogP contribution in [0.15, 0.2) is 23.7 Å². The van der Waals surface area contributed by atoms with Gasteiger partial charge in [-0.2, -0.15) is 0 Å². The predicted octanol–water partition coefficient (Wildman–Crippen LogP) is 2.46. The SMILES string of the molecule is Cc1ccc(CO)cc1C=C(CN)B1OC(C)(C)C(C)(C)O1. The number of aliphatic hydroxyl groups is 1. The minimum absolute atomic E-state index is 0.0234. The van der Waals surface area contributed by atoms with E-state index < -0.39 is 7.12 Å². The van der Waals surface area contributed by atoms with Crippen LogP contribution < -0.4 is 5.73 Å². The summed E-state index contributed by atoms with van der Waals surface area (Å²) in [6.07, 6.45) is 2.01. The zero-order valence-corrected chi connectivity index (χ0v) is 14.1. The predicted molar refractivity (Wildman–Crippen MR) is 90.2 cm³/mol. The van der Waals surface area contributed by atoms with Crippen molar-refractivity contribution in [3.05, 3.63) is 40.4 Å². The molecule has 0 spiro atoms. The van der Waals surface area contributed by atoms with Gasteiger partial charge in [-0.3, -0.25) is 0 Å². The smallest absolute Gasteiger partial charge is 0.400 e. The highest BCUT2D eigenvalue weighted by atomic mass is 16.7. The minimum atomic E-state index is -0.438. The number of aliphatic hydroxyl groups excluding tert-OH is 1. The van der Waals surface area contributed by atoms with Gasteiger partial charge >= 0.3 is 7.12 Å². The molecule has 0 aromatic heterocycles. The van der Waals surface area contributed by atoms with Gasteiger partial charge in [0.2, 0.25) is 0 Å². The van der Waals surface area contributed by atoms with E-state index in [2.05, 4.69) is 0 Å². The van der Waals surface area contributed by atoms with E-state index >= 15 is 0 Å². The Morgan fingerprint density at radius 3 is 2.32 bits per heavy atom. The summed E-state index contributed by atoms with van der Waals surface area (Å²) >= 11 is 0. The molecule has 1 heterocycles. The van der Waals surface area contributed by atoms with Crippen LogP contribution in [0.1, 0.15) is 44.4 Å². The highest BCUT2D eigenvalue weighted by Gasteiger charge is 2.52. The maximum absolute atomic E-state index is 9.30. The second-order valence-electron chi connectivity index (χ2n) is 6.86. The molecule has 1 fully saturated rings. The van der Waals surface area contributed by atoms with Crippen molar-refractivity contribution < 1.29 is 14.4 Å². The number of nitrogens with two attached hydrogens (primary N) is 1. The van der Waals surface area contributed by atoms with Gasteiger partial charge in [-0.1, -0.05) is 18.2 Å². The summed E-state index contributed by atoms with van der Waals surface area (Å²) in [4.78, 5) is 0. The van der Waals surface area contributed by atoms with E-state index in [1.54, 1.807) is 0 Å². The van der Waals surface area contributed by atoms with Gasteiger partial charge in [0.05, 0.1) is 17.8 Å². The number of rotatable bonds is 4. The van der Waals surface area contributed by atoms with Gasteiger partial charge in [0.15, 0.2) is 0 Å². The largest absolute Gasteiger partial charge is 0.491 e. The third-order valence-corrected chi connectivity index (χ3v) is 4.66. The van der Waals surface area contributed by atoms with Crippen LogP contribution in [0, 0.1) is 6.92 Å². The summed E-state index contributed by atoms with van der Waals surface area (Å²) in [5, 5.41) is 9.30. The van der Waals surface area contributed by atoms with Crippen molar-refractivity contribution in [2.24, 2.45) is 5.73 Å². The lowest BCUT2D eigenvalue weighted by molar-refractivity contribution is 0.00578. The summed E-state index contributed by atoms with van der Waals surface area (Å²) in [7, 11) is -0.438. The molecule has 0 atom stereocenters. The molecular formula is C17H26BNO3. The van der Waals surface area contributed by atoms with Crippen LogP contribution in [0.5, 0.6) is 0 Å². The van der Waals surface area contributed by atoms with Crippen LogP contribution in [0.2, 0.25) is 0 Å². The number of aryl methyl sites for hydroxylation is 1. The molecule has 0 radical (unpaired) electrons. The first kappa shape index (κ1) is 17.2. The molecule has 3 N–H and O–H groups in total. The third kappa shape index (κ3) is 3.28. The zero-order valence-electron chi connectivity index (χ0n) is 14.1. The molecule has 5 heteroatoms. The number of benzene rings is 1. The molecule has 0 amide bonds. The second-order valence-corrected chi connectivity index (χ2v) is 6.86. The quantitative estimate of drug-likeness (QED) is 0.839. The maximum Gasteiger partial charge on any atom is 0.491 e. The second kappa shape index (κ2) is 6.16. The Bertz CT molecular complexity index is 565. The Kier molecular flexibility index (Phi) is 4.83. The van der Waals surface area contributed by atoms with Crippen molar-refractivity contribution in [3.63, 3.8) is 0 Å². The topological polar surface area (TPSA) is 64.7 Å². The third-order valence-electron chi connectivity index (χ3n) is 4.66. The molecule has 0 aliphatic carbocycles. The monoisotopic (exact) mass is 303 g/mol. The number of hydrogen-bond donors (Lipinski definition) is 2. The van der Waals surface area contributed by atoms with Crippen LogP contribution >= 0.6 is 0 Å². The average molecular weight is 303 g/mol. The molecule has 0 saturated carbocycles. The fraction of sp³-hybridized carbons (Fsp3) is 0.529. The Morgan fingerprint density at radius 1 is 1.23 bits per heavy atom. The van der Waals surface area contributed by atoms with Gasteiger partial charge in [-0.25, -0.2) is 0 Å². The Morgan fingerprint density at radius 2 is 1.82 bits per heavy atom. The molecular weight excluding hydrogens is 277 g/mol. The minimum Gasteiger partial charge on any atom is -0.400 e. The van der Waals surface area contributed by atoms with E-state index in [0.717, 1.165) is 22.2 Å². The first-order chi connectivity index (χ1) is 10.2. The highest BCUT2D eigenvalue weighted by molar-refractivity contribution is 6.55. The summed E-state index contributed by atoms with van der Waals surface area (Å²) in [5.41, 5.74) is 9.09. The molecule has 120 valence electrons. The maximum atomic E-state index is 9.30. The molecule has 4 nitrogen and oxygen atoms in total. The molecule has 1 aromatic rings. The van der Waals surface area contributed by atoms with Crippen LogP contribution in [0.3, 0.4) is 0 Å². The van der Waals surface area contributed by atoms with Gasteiger partial charge in [-0.15, -0.1) is 0 Å². The van der Waals surface area contributed by atoms with E-state index in [1.165, 1.54) is 0 Å².